The summed E-state index contributed by atoms with van der Waals surface area (Å²) in [7, 11) is 1.51. The molecule has 0 radical (unpaired) electrons. The van der Waals surface area contributed by atoms with Gasteiger partial charge in [-0.15, -0.1) is 10.2 Å². The lowest BCUT2D eigenvalue weighted by Crippen LogP contribution is -2.23. The van der Waals surface area contributed by atoms with Crippen LogP contribution in [0.2, 0.25) is 0 Å². The van der Waals surface area contributed by atoms with Gasteiger partial charge in [0.15, 0.2) is 0 Å². The molecule has 1 aromatic carbocycles. The van der Waals surface area contributed by atoms with Crippen molar-refractivity contribution in [1.29, 1.82) is 0 Å². The molecule has 2 rings (SSSR count). The number of aromatic nitrogens is 2. The number of thioether (sulfide) groups is 1. The first-order chi connectivity index (χ1) is 9.99. The first-order valence-corrected chi connectivity index (χ1v) is 7.35. The van der Waals surface area contributed by atoms with E-state index in [1.807, 2.05) is 0 Å². The molecule has 6 nitrogen and oxygen atoms in total. The fraction of sp³-hybridized carbons (Fsp3) is 0.154. The lowest BCUT2D eigenvalue weighted by molar-refractivity contribution is -0.298. The van der Waals surface area contributed by atoms with Gasteiger partial charge in [-0.05, 0) is 36.0 Å². The molecule has 1 heterocycles. The summed E-state index contributed by atoms with van der Waals surface area (Å²) in [6.07, 6.45) is 1.43. The zero-order valence-electron chi connectivity index (χ0n) is 11.1. The minimum absolute atomic E-state index is 0.0601. The standard InChI is InChI=1S/C13H11BrN2O4S/c1-7-15-16-13(20-7)21-11(12(17)18)6-8-5-9(14)3-4-10(8)19-2/h3-6H,1-2H3,(H,17,18)/p-1/b11-6-. The molecule has 0 fully saturated rings. The van der Waals surface area contributed by atoms with Crippen LogP contribution in [0.25, 0.3) is 6.08 Å². The Hall–Kier alpha value is -1.80. The molecular formula is C13H10BrN2O4S-. The maximum Gasteiger partial charge on any atom is 0.281 e. The number of rotatable bonds is 5. The number of benzene rings is 1. The van der Waals surface area contributed by atoms with Crippen molar-refractivity contribution in [2.24, 2.45) is 0 Å². The molecule has 21 heavy (non-hydrogen) atoms. The second-order valence-corrected chi connectivity index (χ2v) is 5.78. The maximum atomic E-state index is 11.3. The van der Waals surface area contributed by atoms with Gasteiger partial charge in [0.2, 0.25) is 5.89 Å². The normalized spacial score (nSPS) is 11.5. The molecule has 0 bridgehead atoms. The average Bonchev–Trinajstić information content (AvgIpc) is 2.83. The van der Waals surface area contributed by atoms with E-state index < -0.39 is 5.97 Å². The van der Waals surface area contributed by atoms with Gasteiger partial charge in [-0.25, -0.2) is 0 Å². The third kappa shape index (κ3) is 4.08. The number of methoxy groups -OCH3 is 1. The zero-order valence-corrected chi connectivity index (χ0v) is 13.5. The summed E-state index contributed by atoms with van der Waals surface area (Å²) >= 11 is 4.15. The second-order valence-electron chi connectivity index (χ2n) is 3.87. The van der Waals surface area contributed by atoms with Gasteiger partial charge in [0.05, 0.1) is 13.1 Å². The van der Waals surface area contributed by atoms with Gasteiger partial charge in [-0.3, -0.25) is 0 Å². The third-order valence-corrected chi connectivity index (χ3v) is 3.72. The Morgan fingerprint density at radius 3 is 2.81 bits per heavy atom. The number of ether oxygens (including phenoxy) is 1. The Labute approximate surface area is 133 Å². The molecule has 0 saturated carbocycles. The Kier molecular flexibility index (Phi) is 5.03. The summed E-state index contributed by atoms with van der Waals surface area (Å²) < 4.78 is 11.1. The zero-order chi connectivity index (χ0) is 15.4. The van der Waals surface area contributed by atoms with Crippen LogP contribution in [0, 0.1) is 6.92 Å². The summed E-state index contributed by atoms with van der Waals surface area (Å²) in [5.74, 6) is -0.438. The predicted molar refractivity (Wildman–Crippen MR) is 78.6 cm³/mol. The van der Waals surface area contributed by atoms with E-state index in [1.54, 1.807) is 25.1 Å². The summed E-state index contributed by atoms with van der Waals surface area (Å²) in [4.78, 5) is 11.2. The number of halogens is 1. The molecule has 110 valence electrons. The van der Waals surface area contributed by atoms with Gasteiger partial charge in [0.1, 0.15) is 5.75 Å². The van der Waals surface area contributed by atoms with Crippen molar-refractivity contribution in [3.05, 3.63) is 39.0 Å². The highest BCUT2D eigenvalue weighted by atomic mass is 79.9. The smallest absolute Gasteiger partial charge is 0.281 e. The number of carbonyl (C=O) groups excluding carboxylic acids is 1. The van der Waals surface area contributed by atoms with E-state index in [4.69, 9.17) is 9.15 Å². The predicted octanol–water partition coefficient (Wildman–Crippen LogP) is 2.03. The van der Waals surface area contributed by atoms with E-state index in [0.29, 0.717) is 17.2 Å². The van der Waals surface area contributed by atoms with Crippen LogP contribution < -0.4 is 9.84 Å². The Bertz CT molecular complexity index is 699. The number of hydrogen-bond acceptors (Lipinski definition) is 7. The molecule has 0 saturated heterocycles. The summed E-state index contributed by atoms with van der Waals surface area (Å²) in [6, 6.07) is 5.26. The molecule has 2 aromatic rings. The van der Waals surface area contributed by atoms with Crippen molar-refractivity contribution in [1.82, 2.24) is 10.2 Å². The number of nitrogens with zero attached hydrogens (tertiary/aromatic N) is 2. The van der Waals surface area contributed by atoms with Crippen LogP contribution in [0.1, 0.15) is 11.5 Å². The van der Waals surface area contributed by atoms with E-state index in [9.17, 15) is 9.90 Å². The number of aliphatic carboxylic acids is 1. The SMILES string of the molecule is COc1ccc(Br)cc1/C=C(\Sc1nnc(C)o1)C(=O)[O-]. The monoisotopic (exact) mass is 369 g/mol. The van der Waals surface area contributed by atoms with Crippen LogP contribution in [0.5, 0.6) is 5.75 Å². The van der Waals surface area contributed by atoms with Crippen molar-refractivity contribution < 1.29 is 19.1 Å². The minimum Gasteiger partial charge on any atom is -0.544 e. The highest BCUT2D eigenvalue weighted by molar-refractivity contribution is 9.10. The summed E-state index contributed by atoms with van der Waals surface area (Å²) in [5, 5.41) is 18.8. The molecule has 0 amide bonds. The highest BCUT2D eigenvalue weighted by Gasteiger charge is 2.10. The number of aryl methyl sites for hydroxylation is 1. The van der Waals surface area contributed by atoms with Crippen LogP contribution in [0.4, 0.5) is 0 Å². The van der Waals surface area contributed by atoms with Crippen LogP contribution in [-0.2, 0) is 4.79 Å². The van der Waals surface area contributed by atoms with Crippen molar-refractivity contribution >= 4 is 39.7 Å². The molecular weight excluding hydrogens is 360 g/mol. The van der Waals surface area contributed by atoms with Gasteiger partial charge in [-0.1, -0.05) is 15.9 Å². The fourth-order valence-electron chi connectivity index (χ4n) is 1.50. The van der Waals surface area contributed by atoms with Crippen LogP contribution in [0.15, 0.2) is 37.2 Å². The summed E-state index contributed by atoms with van der Waals surface area (Å²) in [6.45, 7) is 1.62. The van der Waals surface area contributed by atoms with E-state index in [2.05, 4.69) is 26.1 Å². The molecule has 0 unspecified atom stereocenters. The molecule has 0 aliphatic heterocycles. The Morgan fingerprint density at radius 1 is 1.48 bits per heavy atom. The van der Waals surface area contributed by atoms with Gasteiger partial charge in [0.25, 0.3) is 5.22 Å². The molecule has 0 aliphatic rings. The fourth-order valence-corrected chi connectivity index (χ4v) is 2.58. The van der Waals surface area contributed by atoms with Crippen molar-refractivity contribution in [3.63, 3.8) is 0 Å². The number of carbonyl (C=O) groups is 1. The van der Waals surface area contributed by atoms with Crippen molar-refractivity contribution in [3.8, 4) is 5.75 Å². The highest BCUT2D eigenvalue weighted by Crippen LogP contribution is 2.30. The largest absolute Gasteiger partial charge is 0.544 e. The third-order valence-electron chi connectivity index (χ3n) is 2.38. The molecule has 0 aliphatic carbocycles. The van der Waals surface area contributed by atoms with Gasteiger partial charge < -0.3 is 19.1 Å². The first kappa shape index (κ1) is 15.6. The number of hydrogen-bond donors (Lipinski definition) is 0. The quantitative estimate of drug-likeness (QED) is 0.588. The van der Waals surface area contributed by atoms with Crippen LogP contribution in [-0.4, -0.2) is 23.3 Å². The average molecular weight is 370 g/mol. The van der Waals surface area contributed by atoms with Gasteiger partial charge in [0, 0.05) is 21.9 Å². The Morgan fingerprint density at radius 2 is 2.24 bits per heavy atom. The van der Waals surface area contributed by atoms with E-state index in [0.717, 1.165) is 16.2 Å². The van der Waals surface area contributed by atoms with Crippen molar-refractivity contribution in [2.45, 2.75) is 12.1 Å². The topological polar surface area (TPSA) is 88.3 Å². The molecule has 0 N–H and O–H groups in total. The minimum atomic E-state index is -1.34. The Balaban J connectivity index is 2.37. The number of carboxylic acids is 1. The lowest BCUT2D eigenvalue weighted by atomic mass is 10.2. The van der Waals surface area contributed by atoms with Gasteiger partial charge >= 0.3 is 0 Å². The molecule has 0 atom stereocenters. The van der Waals surface area contributed by atoms with Crippen LogP contribution >= 0.6 is 27.7 Å². The number of carboxylic acid groups (broad SMARTS) is 1. The van der Waals surface area contributed by atoms with Crippen molar-refractivity contribution in [2.75, 3.05) is 7.11 Å². The van der Waals surface area contributed by atoms with E-state index in [1.165, 1.54) is 13.2 Å². The summed E-state index contributed by atoms with van der Waals surface area (Å²) in [5.41, 5.74) is 0.592. The molecule has 8 heteroatoms. The van der Waals surface area contributed by atoms with E-state index >= 15 is 0 Å². The molecule has 0 spiro atoms. The lowest BCUT2D eigenvalue weighted by Gasteiger charge is -2.09. The molecule has 1 aromatic heterocycles. The van der Waals surface area contributed by atoms with Gasteiger partial charge in [-0.2, -0.15) is 0 Å². The maximum absolute atomic E-state index is 11.3. The van der Waals surface area contributed by atoms with E-state index in [-0.39, 0.29) is 10.1 Å². The first-order valence-electron chi connectivity index (χ1n) is 5.74. The second kappa shape index (κ2) is 6.77. The van der Waals surface area contributed by atoms with Crippen LogP contribution in [0.3, 0.4) is 0 Å².